The third-order valence-electron chi connectivity index (χ3n) is 8.01. The molecule has 0 radical (unpaired) electrons. The Balaban J connectivity index is 1.29. The van der Waals surface area contributed by atoms with Crippen LogP contribution in [0.1, 0.15) is 35.2 Å². The van der Waals surface area contributed by atoms with Gasteiger partial charge in [0.2, 0.25) is 0 Å². The van der Waals surface area contributed by atoms with E-state index in [1.54, 1.807) is 11.5 Å². The Morgan fingerprint density at radius 3 is 2.40 bits per heavy atom. The number of fused-ring (bicyclic) bond motifs is 2. The predicted octanol–water partition coefficient (Wildman–Crippen LogP) is 7.43. The number of halogens is 1. The highest BCUT2D eigenvalue weighted by Crippen LogP contribution is 2.35. The molecule has 0 amide bonds. The Labute approximate surface area is 283 Å². The van der Waals surface area contributed by atoms with Crippen LogP contribution in [0.4, 0.5) is 0 Å². The molecule has 0 saturated carbocycles. The number of carbonyl (C=O) groups is 1. The van der Waals surface area contributed by atoms with Gasteiger partial charge < -0.3 is 9.47 Å². The fraction of sp³-hybridized carbons (Fsp3) is 0.103. The molecule has 0 N–H and O–H groups in total. The van der Waals surface area contributed by atoms with E-state index in [0.717, 1.165) is 32.1 Å². The Hall–Kier alpha value is -5.05. The molecule has 6 aromatic rings. The minimum atomic E-state index is -0.708. The van der Waals surface area contributed by atoms with Crippen molar-refractivity contribution in [3.05, 3.63) is 173 Å². The third kappa shape index (κ3) is 6.10. The molecular formula is C39H29BrN2O4S. The van der Waals surface area contributed by atoms with E-state index in [1.165, 1.54) is 16.7 Å². The first-order valence-electron chi connectivity index (χ1n) is 15.2. The second-order valence-electron chi connectivity index (χ2n) is 11.0. The van der Waals surface area contributed by atoms with Gasteiger partial charge in [-0.05, 0) is 68.5 Å². The molecule has 0 bridgehead atoms. The molecule has 0 saturated heterocycles. The van der Waals surface area contributed by atoms with E-state index in [9.17, 15) is 9.59 Å². The van der Waals surface area contributed by atoms with Gasteiger partial charge in [0.25, 0.3) is 5.56 Å². The minimum Gasteiger partial charge on any atom is -0.488 e. The molecule has 1 aromatic heterocycles. The van der Waals surface area contributed by atoms with Crippen LogP contribution < -0.4 is 19.6 Å². The van der Waals surface area contributed by atoms with Gasteiger partial charge in [0.05, 0.1) is 32.9 Å². The SMILES string of the molecule is CCOC(=O)C1=C(c2ccccc2)N=c2s/c(=C\c3ccc(OCc4cccc5ccccc45)c(Br)c3)c(=O)n2[C@@H]1c1ccccc1. The lowest BCUT2D eigenvalue weighted by molar-refractivity contribution is -0.138. The predicted molar refractivity (Wildman–Crippen MR) is 190 cm³/mol. The van der Waals surface area contributed by atoms with Crippen molar-refractivity contribution in [1.29, 1.82) is 0 Å². The van der Waals surface area contributed by atoms with Crippen molar-refractivity contribution < 1.29 is 14.3 Å². The van der Waals surface area contributed by atoms with Crippen molar-refractivity contribution in [3.63, 3.8) is 0 Å². The van der Waals surface area contributed by atoms with Gasteiger partial charge in [-0.15, -0.1) is 0 Å². The summed E-state index contributed by atoms with van der Waals surface area (Å²) < 4.78 is 14.6. The number of thiazole rings is 1. The van der Waals surface area contributed by atoms with Crippen LogP contribution >= 0.6 is 27.3 Å². The van der Waals surface area contributed by atoms with Gasteiger partial charge in [-0.1, -0.05) is 121 Å². The molecule has 0 unspecified atom stereocenters. The van der Waals surface area contributed by atoms with Gasteiger partial charge in [-0.3, -0.25) is 9.36 Å². The zero-order chi connectivity index (χ0) is 32.3. The first-order valence-corrected chi connectivity index (χ1v) is 16.8. The second-order valence-corrected chi connectivity index (χ2v) is 12.8. The van der Waals surface area contributed by atoms with Crippen molar-refractivity contribution in [2.24, 2.45) is 4.99 Å². The Morgan fingerprint density at radius 2 is 1.64 bits per heavy atom. The number of carbonyl (C=O) groups excluding carboxylic acids is 1. The number of hydrogen-bond donors (Lipinski definition) is 0. The fourth-order valence-electron chi connectivity index (χ4n) is 5.84. The summed E-state index contributed by atoms with van der Waals surface area (Å²) in [7, 11) is 0. The highest BCUT2D eigenvalue weighted by molar-refractivity contribution is 9.10. The van der Waals surface area contributed by atoms with Crippen LogP contribution in [0.2, 0.25) is 0 Å². The van der Waals surface area contributed by atoms with Gasteiger partial charge in [-0.25, -0.2) is 9.79 Å². The molecule has 2 heterocycles. The number of esters is 1. The van der Waals surface area contributed by atoms with E-state index in [-0.39, 0.29) is 12.2 Å². The number of hydrogen-bond acceptors (Lipinski definition) is 6. The first-order chi connectivity index (χ1) is 23.0. The van der Waals surface area contributed by atoms with Crippen LogP contribution in [-0.4, -0.2) is 17.1 Å². The van der Waals surface area contributed by atoms with Gasteiger partial charge in [0.1, 0.15) is 12.4 Å². The van der Waals surface area contributed by atoms with Crippen LogP contribution in [0.5, 0.6) is 5.75 Å². The molecule has 7 rings (SSSR count). The van der Waals surface area contributed by atoms with Gasteiger partial charge in [0, 0.05) is 5.56 Å². The number of benzene rings is 5. The zero-order valence-electron chi connectivity index (χ0n) is 25.4. The largest absolute Gasteiger partial charge is 0.488 e. The average Bonchev–Trinajstić information content (AvgIpc) is 3.41. The van der Waals surface area contributed by atoms with Gasteiger partial charge >= 0.3 is 5.97 Å². The first kappa shape index (κ1) is 30.6. The minimum absolute atomic E-state index is 0.201. The van der Waals surface area contributed by atoms with Crippen LogP contribution in [-0.2, 0) is 16.1 Å². The normalized spacial score (nSPS) is 14.5. The molecule has 5 aromatic carbocycles. The van der Waals surface area contributed by atoms with Crippen LogP contribution in [0.15, 0.2) is 141 Å². The molecule has 0 fully saturated rings. The fourth-order valence-corrected chi connectivity index (χ4v) is 7.35. The van der Waals surface area contributed by atoms with E-state index >= 15 is 0 Å². The lowest BCUT2D eigenvalue weighted by atomic mass is 9.93. The molecule has 1 atom stereocenters. The quantitative estimate of drug-likeness (QED) is 0.155. The number of nitrogens with zero attached hydrogens (tertiary/aromatic N) is 2. The molecule has 47 heavy (non-hydrogen) atoms. The monoisotopic (exact) mass is 700 g/mol. The van der Waals surface area contributed by atoms with Crippen molar-refractivity contribution in [2.45, 2.75) is 19.6 Å². The number of aromatic nitrogens is 1. The Morgan fingerprint density at radius 1 is 0.915 bits per heavy atom. The van der Waals surface area contributed by atoms with Gasteiger partial charge in [-0.2, -0.15) is 0 Å². The maximum Gasteiger partial charge on any atom is 0.338 e. The molecule has 232 valence electrons. The summed E-state index contributed by atoms with van der Waals surface area (Å²) in [6.07, 6.45) is 1.85. The molecule has 6 nitrogen and oxygen atoms in total. The van der Waals surface area contributed by atoms with Crippen molar-refractivity contribution in [2.75, 3.05) is 6.61 Å². The summed E-state index contributed by atoms with van der Waals surface area (Å²) in [5.41, 5.74) is 4.09. The lowest BCUT2D eigenvalue weighted by Gasteiger charge is -2.25. The highest BCUT2D eigenvalue weighted by Gasteiger charge is 2.35. The summed E-state index contributed by atoms with van der Waals surface area (Å²) in [5, 5.41) is 2.33. The van der Waals surface area contributed by atoms with Crippen LogP contribution in [0, 0.1) is 0 Å². The van der Waals surface area contributed by atoms with Crippen LogP contribution in [0.25, 0.3) is 22.5 Å². The van der Waals surface area contributed by atoms with E-state index < -0.39 is 12.0 Å². The molecule has 0 aliphatic carbocycles. The topological polar surface area (TPSA) is 69.9 Å². The molecular weight excluding hydrogens is 672 g/mol. The number of rotatable bonds is 8. The highest BCUT2D eigenvalue weighted by atomic mass is 79.9. The molecule has 1 aliphatic rings. The molecule has 8 heteroatoms. The maximum atomic E-state index is 14.2. The van der Waals surface area contributed by atoms with Crippen molar-refractivity contribution in [1.82, 2.24) is 4.57 Å². The van der Waals surface area contributed by atoms with Gasteiger partial charge in [0.15, 0.2) is 4.80 Å². The second kappa shape index (κ2) is 13.4. The standard InChI is InChI=1S/C39H29BrN2O4S/c1-2-45-38(44)34-35(27-13-5-3-6-14-27)41-39-42(36(34)28-15-7-4-8-16-28)37(43)33(47-39)23-25-20-21-32(31(40)22-25)46-24-29-18-11-17-26-12-9-10-19-30(26)29/h3-23,36H,2,24H2,1H3/b33-23-/t36-/m1/s1. The summed E-state index contributed by atoms with van der Waals surface area (Å²) in [6, 6.07) is 38.6. The van der Waals surface area contributed by atoms with E-state index in [0.29, 0.717) is 33.0 Å². The summed E-state index contributed by atoms with van der Waals surface area (Å²) >= 11 is 4.97. The zero-order valence-corrected chi connectivity index (χ0v) is 27.8. The molecule has 0 spiro atoms. The smallest absolute Gasteiger partial charge is 0.338 e. The summed E-state index contributed by atoms with van der Waals surface area (Å²) in [5.74, 6) is 0.202. The molecule has 1 aliphatic heterocycles. The maximum absolute atomic E-state index is 14.2. The van der Waals surface area contributed by atoms with Crippen molar-refractivity contribution in [3.8, 4) is 5.75 Å². The van der Waals surface area contributed by atoms with E-state index in [2.05, 4.69) is 40.2 Å². The van der Waals surface area contributed by atoms with E-state index in [4.69, 9.17) is 14.5 Å². The van der Waals surface area contributed by atoms with Crippen LogP contribution in [0.3, 0.4) is 0 Å². The Kier molecular flexibility index (Phi) is 8.70. The lowest BCUT2D eigenvalue weighted by Crippen LogP contribution is -2.39. The summed E-state index contributed by atoms with van der Waals surface area (Å²) in [4.78, 5) is 33.2. The third-order valence-corrected chi connectivity index (χ3v) is 9.61. The van der Waals surface area contributed by atoms with Crippen molar-refractivity contribution >= 4 is 55.8 Å². The number of ether oxygens (including phenoxy) is 2. The average molecular weight is 702 g/mol. The summed E-state index contributed by atoms with van der Waals surface area (Å²) in [6.45, 7) is 2.39. The van der Waals surface area contributed by atoms with E-state index in [1.807, 2.05) is 103 Å². The Bertz CT molecular complexity index is 2320.